The fourth-order valence-electron chi connectivity index (χ4n) is 4.97. The van der Waals surface area contributed by atoms with Crippen LogP contribution in [-0.4, -0.2) is 47.8 Å². The Hall–Kier alpha value is -2.47. The molecule has 184 valence electrons. The lowest BCUT2D eigenvalue weighted by molar-refractivity contribution is -0.109. The molecule has 33 heavy (non-hydrogen) atoms. The van der Waals surface area contributed by atoms with Crippen molar-refractivity contribution < 1.29 is 23.7 Å². The van der Waals surface area contributed by atoms with Gasteiger partial charge in [0, 0.05) is 29.9 Å². The van der Waals surface area contributed by atoms with Crippen molar-refractivity contribution in [2.24, 2.45) is 17.3 Å². The minimum Gasteiger partial charge on any atom is -0.500 e. The Balaban J connectivity index is 1.91. The van der Waals surface area contributed by atoms with Crippen LogP contribution in [0.4, 0.5) is 0 Å². The molecule has 0 saturated heterocycles. The SMILES string of the molecule is COC1=CC(CC=O)C(CCCNCCCc2cc(OC)cc(OC)c2)(C(C)C)C(OC)=C1. The minimum absolute atomic E-state index is 0.0629. The summed E-state index contributed by atoms with van der Waals surface area (Å²) < 4.78 is 22.0. The first-order chi connectivity index (χ1) is 15.9. The highest BCUT2D eigenvalue weighted by Crippen LogP contribution is 2.51. The summed E-state index contributed by atoms with van der Waals surface area (Å²) in [4.78, 5) is 11.5. The van der Waals surface area contributed by atoms with Gasteiger partial charge in [-0.2, -0.15) is 0 Å². The van der Waals surface area contributed by atoms with Crippen molar-refractivity contribution in [2.45, 2.75) is 46.0 Å². The summed E-state index contributed by atoms with van der Waals surface area (Å²) in [7, 11) is 6.71. The standard InChI is InChI=1S/C27H41NO5/c1-20(2)27(22(10-14-29)17-25(32-5)19-26(27)33-6)11-8-13-28-12-7-9-21-15-23(30-3)18-24(16-21)31-4/h14-20,22,28H,7-13H2,1-6H3. The van der Waals surface area contributed by atoms with Crippen LogP contribution in [0.3, 0.4) is 0 Å². The molecule has 2 unspecified atom stereocenters. The summed E-state index contributed by atoms with van der Waals surface area (Å²) >= 11 is 0. The van der Waals surface area contributed by atoms with Crippen LogP contribution in [0.25, 0.3) is 0 Å². The van der Waals surface area contributed by atoms with Gasteiger partial charge in [-0.25, -0.2) is 0 Å². The summed E-state index contributed by atoms with van der Waals surface area (Å²) in [5.74, 6) is 3.71. The van der Waals surface area contributed by atoms with E-state index in [9.17, 15) is 4.79 Å². The van der Waals surface area contributed by atoms with Crippen LogP contribution in [0.15, 0.2) is 41.9 Å². The molecule has 2 rings (SSSR count). The molecular weight excluding hydrogens is 418 g/mol. The van der Waals surface area contributed by atoms with Crippen molar-refractivity contribution in [3.05, 3.63) is 47.4 Å². The van der Waals surface area contributed by atoms with E-state index in [4.69, 9.17) is 18.9 Å². The Kier molecular flexibility index (Phi) is 10.8. The van der Waals surface area contributed by atoms with Crippen LogP contribution in [0, 0.1) is 17.3 Å². The average molecular weight is 460 g/mol. The van der Waals surface area contributed by atoms with E-state index in [1.807, 2.05) is 12.1 Å². The average Bonchev–Trinajstić information content (AvgIpc) is 2.83. The first kappa shape index (κ1) is 26.8. The topological polar surface area (TPSA) is 66.0 Å². The highest BCUT2D eigenvalue weighted by Gasteiger charge is 2.46. The van der Waals surface area contributed by atoms with E-state index in [-0.39, 0.29) is 11.3 Å². The van der Waals surface area contributed by atoms with Gasteiger partial charge < -0.3 is 29.1 Å². The van der Waals surface area contributed by atoms with Gasteiger partial charge in [-0.3, -0.25) is 0 Å². The van der Waals surface area contributed by atoms with Gasteiger partial charge in [0.1, 0.15) is 29.3 Å². The second kappa shape index (κ2) is 13.3. The van der Waals surface area contributed by atoms with Crippen LogP contribution in [0.1, 0.15) is 45.1 Å². The van der Waals surface area contributed by atoms with Crippen molar-refractivity contribution in [1.82, 2.24) is 5.32 Å². The zero-order valence-corrected chi connectivity index (χ0v) is 21.1. The van der Waals surface area contributed by atoms with Crippen molar-refractivity contribution >= 4 is 6.29 Å². The molecule has 1 N–H and O–H groups in total. The second-order valence-corrected chi connectivity index (χ2v) is 8.87. The van der Waals surface area contributed by atoms with Crippen LogP contribution >= 0.6 is 0 Å². The summed E-state index contributed by atoms with van der Waals surface area (Å²) in [5, 5.41) is 3.58. The highest BCUT2D eigenvalue weighted by atomic mass is 16.5. The number of ether oxygens (including phenoxy) is 4. The quantitative estimate of drug-likeness (QED) is 0.296. The Morgan fingerprint density at radius 2 is 1.64 bits per heavy atom. The Morgan fingerprint density at radius 3 is 2.18 bits per heavy atom. The molecule has 6 nitrogen and oxygen atoms in total. The number of nitrogens with one attached hydrogen (secondary N) is 1. The molecule has 0 aliphatic heterocycles. The smallest absolute Gasteiger partial charge is 0.122 e. The van der Waals surface area contributed by atoms with Gasteiger partial charge in [-0.1, -0.05) is 13.8 Å². The van der Waals surface area contributed by atoms with E-state index in [1.54, 1.807) is 28.4 Å². The lowest BCUT2D eigenvalue weighted by Gasteiger charge is -2.45. The minimum atomic E-state index is -0.212. The number of aldehydes is 1. The van der Waals surface area contributed by atoms with Gasteiger partial charge in [0.25, 0.3) is 0 Å². The number of hydrogen-bond donors (Lipinski definition) is 1. The maximum Gasteiger partial charge on any atom is 0.122 e. The predicted molar refractivity (Wildman–Crippen MR) is 132 cm³/mol. The molecule has 0 heterocycles. The zero-order chi connectivity index (χ0) is 24.3. The van der Waals surface area contributed by atoms with E-state index in [0.717, 1.165) is 68.1 Å². The van der Waals surface area contributed by atoms with E-state index in [2.05, 4.69) is 37.4 Å². The molecule has 0 aromatic heterocycles. The molecule has 0 bridgehead atoms. The second-order valence-electron chi connectivity index (χ2n) is 8.87. The van der Waals surface area contributed by atoms with Crippen LogP contribution in [-0.2, 0) is 20.7 Å². The Bertz CT molecular complexity index is 794. The summed E-state index contributed by atoms with van der Waals surface area (Å²) in [6, 6.07) is 6.01. The van der Waals surface area contributed by atoms with Gasteiger partial charge in [-0.15, -0.1) is 0 Å². The van der Waals surface area contributed by atoms with Crippen LogP contribution in [0.5, 0.6) is 11.5 Å². The first-order valence-electron chi connectivity index (χ1n) is 11.8. The summed E-state index contributed by atoms with van der Waals surface area (Å²) in [5.41, 5.74) is 0.998. The number of benzene rings is 1. The van der Waals surface area contributed by atoms with Crippen molar-refractivity contribution in [1.29, 1.82) is 0 Å². The fourth-order valence-corrected chi connectivity index (χ4v) is 4.97. The number of allylic oxidation sites excluding steroid dienone is 3. The molecule has 1 aromatic rings. The first-order valence-corrected chi connectivity index (χ1v) is 11.8. The van der Waals surface area contributed by atoms with Crippen molar-refractivity contribution in [3.8, 4) is 11.5 Å². The zero-order valence-electron chi connectivity index (χ0n) is 21.1. The fraction of sp³-hybridized carbons (Fsp3) is 0.593. The normalized spacial score (nSPS) is 20.2. The monoisotopic (exact) mass is 459 g/mol. The molecular formula is C27H41NO5. The Labute approximate surface area is 199 Å². The molecule has 2 atom stereocenters. The van der Waals surface area contributed by atoms with E-state index in [1.165, 1.54) is 5.56 Å². The number of carbonyl (C=O) groups excluding carboxylic acids is 1. The largest absolute Gasteiger partial charge is 0.500 e. The molecule has 6 heteroatoms. The van der Waals surface area contributed by atoms with Crippen molar-refractivity contribution in [3.63, 3.8) is 0 Å². The van der Waals surface area contributed by atoms with Crippen molar-refractivity contribution in [2.75, 3.05) is 41.5 Å². The number of carbonyl (C=O) groups is 1. The lowest BCUT2D eigenvalue weighted by Crippen LogP contribution is -2.40. The molecule has 1 aliphatic carbocycles. The molecule has 0 saturated carbocycles. The molecule has 0 spiro atoms. The van der Waals surface area contributed by atoms with Crippen LogP contribution < -0.4 is 14.8 Å². The van der Waals surface area contributed by atoms with Gasteiger partial charge >= 0.3 is 0 Å². The lowest BCUT2D eigenvalue weighted by atomic mass is 9.61. The maximum atomic E-state index is 11.5. The van der Waals surface area contributed by atoms with Gasteiger partial charge in [0.2, 0.25) is 0 Å². The predicted octanol–water partition coefficient (Wildman–Crippen LogP) is 4.93. The molecule has 1 aromatic carbocycles. The number of methoxy groups -OCH3 is 4. The van der Waals surface area contributed by atoms with E-state index < -0.39 is 0 Å². The molecule has 0 amide bonds. The van der Waals surface area contributed by atoms with E-state index >= 15 is 0 Å². The van der Waals surface area contributed by atoms with Gasteiger partial charge in [0.05, 0.1) is 28.4 Å². The van der Waals surface area contributed by atoms with E-state index in [0.29, 0.717) is 12.3 Å². The number of hydrogen-bond acceptors (Lipinski definition) is 6. The summed E-state index contributed by atoms with van der Waals surface area (Å²) in [6.45, 7) is 6.28. The number of rotatable bonds is 15. The highest BCUT2D eigenvalue weighted by molar-refractivity contribution is 5.52. The Morgan fingerprint density at radius 1 is 0.970 bits per heavy atom. The maximum absolute atomic E-state index is 11.5. The van der Waals surface area contributed by atoms with Gasteiger partial charge in [0.15, 0.2) is 0 Å². The molecule has 1 aliphatic rings. The molecule has 0 radical (unpaired) electrons. The number of aryl methyl sites for hydroxylation is 1. The third-order valence-corrected chi connectivity index (χ3v) is 6.77. The third kappa shape index (κ3) is 6.76. The summed E-state index contributed by atoms with van der Waals surface area (Å²) in [6.07, 6.45) is 9.47. The third-order valence-electron chi connectivity index (χ3n) is 6.77. The van der Waals surface area contributed by atoms with Crippen LogP contribution in [0.2, 0.25) is 0 Å². The van der Waals surface area contributed by atoms with Gasteiger partial charge in [-0.05, 0) is 68.5 Å². The molecule has 0 fully saturated rings.